The van der Waals surface area contributed by atoms with E-state index in [1.807, 2.05) is 0 Å². The van der Waals surface area contributed by atoms with Gasteiger partial charge in [0.25, 0.3) is 0 Å². The van der Waals surface area contributed by atoms with Gasteiger partial charge in [-0.05, 0) is 52.8 Å². The second-order valence-corrected chi connectivity index (χ2v) is 4.92. The zero-order chi connectivity index (χ0) is 14.0. The summed E-state index contributed by atoms with van der Waals surface area (Å²) in [6.07, 6.45) is 0. The fourth-order valence-corrected chi connectivity index (χ4v) is 2.26. The highest BCUT2D eigenvalue weighted by atomic mass is 79.9. The predicted molar refractivity (Wildman–Crippen MR) is 71.4 cm³/mol. The Morgan fingerprint density at radius 3 is 2.42 bits per heavy atom. The summed E-state index contributed by atoms with van der Waals surface area (Å²) in [4.78, 5) is 0. The molecule has 0 heterocycles. The van der Waals surface area contributed by atoms with Crippen molar-refractivity contribution in [2.75, 3.05) is 7.05 Å². The molecule has 0 aliphatic rings. The van der Waals surface area contributed by atoms with E-state index in [1.54, 1.807) is 13.1 Å². The van der Waals surface area contributed by atoms with Crippen LogP contribution in [0, 0.1) is 17.5 Å². The molecule has 0 saturated carbocycles. The first-order valence-electron chi connectivity index (χ1n) is 5.60. The van der Waals surface area contributed by atoms with Gasteiger partial charge in [-0.15, -0.1) is 0 Å². The van der Waals surface area contributed by atoms with E-state index >= 15 is 0 Å². The van der Waals surface area contributed by atoms with Gasteiger partial charge < -0.3 is 5.32 Å². The van der Waals surface area contributed by atoms with Crippen LogP contribution in [0.25, 0.3) is 0 Å². The molecule has 0 aliphatic carbocycles. The lowest BCUT2D eigenvalue weighted by Crippen LogP contribution is -2.19. The Morgan fingerprint density at radius 2 is 1.79 bits per heavy atom. The van der Waals surface area contributed by atoms with Gasteiger partial charge in [-0.25, -0.2) is 13.2 Å². The largest absolute Gasteiger partial charge is 0.309 e. The second kappa shape index (κ2) is 5.75. The number of rotatable bonds is 3. The van der Waals surface area contributed by atoms with Gasteiger partial charge in [0.05, 0.1) is 10.5 Å². The summed E-state index contributed by atoms with van der Waals surface area (Å²) in [5, 5.41) is 2.86. The molecule has 0 spiro atoms. The van der Waals surface area contributed by atoms with Gasteiger partial charge in [0.1, 0.15) is 17.5 Å². The summed E-state index contributed by atoms with van der Waals surface area (Å²) in [7, 11) is 1.61. The van der Waals surface area contributed by atoms with Crippen LogP contribution < -0.4 is 5.32 Å². The van der Waals surface area contributed by atoms with Crippen LogP contribution in [0.2, 0.25) is 0 Å². The van der Waals surface area contributed by atoms with Gasteiger partial charge in [-0.3, -0.25) is 0 Å². The normalized spacial score (nSPS) is 12.5. The maximum Gasteiger partial charge on any atom is 0.137 e. The quantitative estimate of drug-likeness (QED) is 0.833. The zero-order valence-electron chi connectivity index (χ0n) is 10.1. The number of halogens is 4. The molecule has 0 amide bonds. The van der Waals surface area contributed by atoms with Crippen LogP contribution in [0.3, 0.4) is 0 Å². The Morgan fingerprint density at radius 1 is 1.05 bits per heavy atom. The van der Waals surface area contributed by atoms with Gasteiger partial charge in [0.2, 0.25) is 0 Å². The first-order valence-corrected chi connectivity index (χ1v) is 6.39. The van der Waals surface area contributed by atoms with Crippen LogP contribution in [-0.2, 0) is 0 Å². The van der Waals surface area contributed by atoms with Gasteiger partial charge in [-0.2, -0.15) is 0 Å². The van der Waals surface area contributed by atoms with Crippen LogP contribution in [0.4, 0.5) is 13.2 Å². The highest BCUT2D eigenvalue weighted by Gasteiger charge is 2.18. The Kier molecular flexibility index (Phi) is 4.27. The Balaban J connectivity index is 2.51. The molecule has 0 aliphatic heterocycles. The van der Waals surface area contributed by atoms with E-state index in [0.29, 0.717) is 5.56 Å². The first-order chi connectivity index (χ1) is 9.02. The molecule has 5 heteroatoms. The van der Waals surface area contributed by atoms with Crippen LogP contribution >= 0.6 is 15.9 Å². The molecule has 1 atom stereocenters. The standard InChI is InChI=1S/C14H11BrF3N/c1-19-14(8-3-2-4-9(16)5-8)10-6-13(18)11(15)7-12(10)17/h2-7,14,19H,1H3. The van der Waals surface area contributed by atoms with E-state index in [0.717, 1.165) is 12.1 Å². The molecule has 2 aromatic rings. The summed E-state index contributed by atoms with van der Waals surface area (Å²) in [5.74, 6) is -1.54. The van der Waals surface area contributed by atoms with Crippen molar-refractivity contribution >= 4 is 15.9 Å². The Bertz CT molecular complexity index is 601. The molecular weight excluding hydrogens is 319 g/mol. The van der Waals surface area contributed by atoms with Crippen molar-refractivity contribution in [3.63, 3.8) is 0 Å². The Labute approximate surface area is 117 Å². The summed E-state index contributed by atoms with van der Waals surface area (Å²) >= 11 is 2.92. The summed E-state index contributed by atoms with van der Waals surface area (Å²) in [6.45, 7) is 0. The highest BCUT2D eigenvalue weighted by molar-refractivity contribution is 9.10. The van der Waals surface area contributed by atoms with Crippen LogP contribution in [0.5, 0.6) is 0 Å². The lowest BCUT2D eigenvalue weighted by molar-refractivity contribution is 0.552. The van der Waals surface area contributed by atoms with E-state index < -0.39 is 23.5 Å². The Hall–Kier alpha value is -1.33. The summed E-state index contributed by atoms with van der Waals surface area (Å²) in [6, 6.07) is 7.33. The topological polar surface area (TPSA) is 12.0 Å². The average molecular weight is 330 g/mol. The SMILES string of the molecule is CNC(c1cccc(F)c1)c1cc(F)c(Br)cc1F. The molecule has 0 radical (unpaired) electrons. The fourth-order valence-electron chi connectivity index (χ4n) is 1.95. The minimum absolute atomic E-state index is 0.0582. The van der Waals surface area contributed by atoms with Gasteiger partial charge in [-0.1, -0.05) is 12.1 Å². The van der Waals surface area contributed by atoms with E-state index in [4.69, 9.17) is 0 Å². The minimum Gasteiger partial charge on any atom is -0.309 e. The molecule has 1 unspecified atom stereocenters. The van der Waals surface area contributed by atoms with Crippen LogP contribution in [0.1, 0.15) is 17.2 Å². The highest BCUT2D eigenvalue weighted by Crippen LogP contribution is 2.28. The third-order valence-electron chi connectivity index (χ3n) is 2.82. The third kappa shape index (κ3) is 2.98. The van der Waals surface area contributed by atoms with Crippen LogP contribution in [-0.4, -0.2) is 7.05 Å². The van der Waals surface area contributed by atoms with E-state index in [1.165, 1.54) is 18.2 Å². The maximum atomic E-state index is 13.9. The zero-order valence-corrected chi connectivity index (χ0v) is 11.6. The molecule has 100 valence electrons. The second-order valence-electron chi connectivity index (χ2n) is 4.06. The van der Waals surface area contributed by atoms with Crippen molar-refractivity contribution in [1.82, 2.24) is 5.32 Å². The molecule has 19 heavy (non-hydrogen) atoms. The van der Waals surface area contributed by atoms with E-state index in [9.17, 15) is 13.2 Å². The number of hydrogen-bond acceptors (Lipinski definition) is 1. The van der Waals surface area contributed by atoms with Gasteiger partial charge in [0, 0.05) is 5.56 Å². The molecule has 0 fully saturated rings. The monoisotopic (exact) mass is 329 g/mol. The lowest BCUT2D eigenvalue weighted by Gasteiger charge is -2.18. The number of nitrogens with one attached hydrogen (secondary N) is 1. The minimum atomic E-state index is -0.613. The molecule has 2 rings (SSSR count). The predicted octanol–water partition coefficient (Wildman–Crippen LogP) is 4.18. The van der Waals surface area contributed by atoms with Crippen molar-refractivity contribution in [3.8, 4) is 0 Å². The maximum absolute atomic E-state index is 13.9. The summed E-state index contributed by atoms with van der Waals surface area (Å²) in [5.41, 5.74) is 0.664. The van der Waals surface area contributed by atoms with E-state index in [-0.39, 0.29) is 10.0 Å². The van der Waals surface area contributed by atoms with Crippen molar-refractivity contribution < 1.29 is 13.2 Å². The molecular formula is C14H11BrF3N. The smallest absolute Gasteiger partial charge is 0.137 e. The third-order valence-corrected chi connectivity index (χ3v) is 3.43. The molecule has 1 nitrogen and oxygen atoms in total. The van der Waals surface area contributed by atoms with Gasteiger partial charge in [0.15, 0.2) is 0 Å². The van der Waals surface area contributed by atoms with Crippen LogP contribution in [0.15, 0.2) is 40.9 Å². The molecule has 1 N–H and O–H groups in total. The first kappa shape index (κ1) is 14.1. The van der Waals surface area contributed by atoms with Gasteiger partial charge >= 0.3 is 0 Å². The van der Waals surface area contributed by atoms with Crippen molar-refractivity contribution in [1.29, 1.82) is 0 Å². The average Bonchev–Trinajstić information content (AvgIpc) is 2.36. The van der Waals surface area contributed by atoms with Crippen molar-refractivity contribution in [2.24, 2.45) is 0 Å². The molecule has 2 aromatic carbocycles. The number of hydrogen-bond donors (Lipinski definition) is 1. The fraction of sp³-hybridized carbons (Fsp3) is 0.143. The molecule has 0 bridgehead atoms. The van der Waals surface area contributed by atoms with E-state index in [2.05, 4.69) is 21.2 Å². The van der Waals surface area contributed by atoms with Crippen molar-refractivity contribution in [3.05, 3.63) is 69.4 Å². The lowest BCUT2D eigenvalue weighted by atomic mass is 9.98. The molecule has 0 saturated heterocycles. The summed E-state index contributed by atoms with van der Waals surface area (Å²) < 4.78 is 40.7. The van der Waals surface area contributed by atoms with Crippen molar-refractivity contribution in [2.45, 2.75) is 6.04 Å². The number of benzene rings is 2. The molecule has 0 aromatic heterocycles.